The van der Waals surface area contributed by atoms with Crippen molar-refractivity contribution < 1.29 is 9.53 Å². The molecule has 0 aliphatic carbocycles. The zero-order valence-corrected chi connectivity index (χ0v) is 9.82. The molecule has 16 heavy (non-hydrogen) atoms. The molecule has 2 unspecified atom stereocenters. The molecule has 2 fully saturated rings. The third-order valence-electron chi connectivity index (χ3n) is 2.77. The first-order valence-electron chi connectivity index (χ1n) is 5.90. The lowest BCUT2D eigenvalue weighted by molar-refractivity contribution is -0.122. The molecule has 1 amide bonds. The van der Waals surface area contributed by atoms with Gasteiger partial charge in [-0.3, -0.25) is 15.1 Å². The van der Waals surface area contributed by atoms with Gasteiger partial charge in [-0.25, -0.2) is 0 Å². The van der Waals surface area contributed by atoms with Crippen molar-refractivity contribution in [3.63, 3.8) is 0 Å². The number of rotatable bonds is 3. The molecule has 0 aromatic carbocycles. The van der Waals surface area contributed by atoms with E-state index in [1.807, 2.05) is 0 Å². The van der Waals surface area contributed by atoms with Crippen molar-refractivity contribution in [2.75, 3.05) is 13.2 Å². The smallest absolute Gasteiger partial charge is 0.251 e. The number of carbonyl (C=O) groups is 1. The molecular formula is C11H19N3O2. The van der Waals surface area contributed by atoms with Gasteiger partial charge in [-0.15, -0.1) is 0 Å². The van der Waals surface area contributed by atoms with E-state index in [2.05, 4.69) is 29.5 Å². The highest BCUT2D eigenvalue weighted by Crippen LogP contribution is 2.17. The molecule has 2 rings (SSSR count). The van der Waals surface area contributed by atoms with E-state index < -0.39 is 0 Å². The minimum absolute atomic E-state index is 0.00625. The Kier molecular flexibility index (Phi) is 3.43. The van der Waals surface area contributed by atoms with E-state index in [0.29, 0.717) is 11.9 Å². The van der Waals surface area contributed by atoms with Crippen LogP contribution in [0.3, 0.4) is 0 Å². The summed E-state index contributed by atoms with van der Waals surface area (Å²) in [6, 6.07) is -0.256. The third kappa shape index (κ3) is 2.52. The van der Waals surface area contributed by atoms with Crippen molar-refractivity contribution in [3.8, 4) is 0 Å². The van der Waals surface area contributed by atoms with Gasteiger partial charge in [0.1, 0.15) is 6.04 Å². The van der Waals surface area contributed by atoms with Crippen LogP contribution in [0.5, 0.6) is 0 Å². The minimum Gasteiger partial charge on any atom is -0.376 e. The van der Waals surface area contributed by atoms with Gasteiger partial charge in [-0.2, -0.15) is 0 Å². The summed E-state index contributed by atoms with van der Waals surface area (Å²) in [5.41, 5.74) is 0. The van der Waals surface area contributed by atoms with E-state index in [1.165, 1.54) is 0 Å². The first-order valence-corrected chi connectivity index (χ1v) is 5.90. The lowest BCUT2D eigenvalue weighted by Gasteiger charge is -2.14. The first kappa shape index (κ1) is 11.4. The summed E-state index contributed by atoms with van der Waals surface area (Å²) < 4.78 is 5.50. The predicted octanol–water partition coefficient (Wildman–Crippen LogP) is 0.265. The number of hydrogen-bond donors (Lipinski definition) is 2. The van der Waals surface area contributed by atoms with E-state index in [0.717, 1.165) is 26.0 Å². The number of aliphatic imine (C=N–C) groups is 1. The maximum absolute atomic E-state index is 11.7. The predicted molar refractivity (Wildman–Crippen MR) is 61.2 cm³/mol. The standard InChI is InChI=1S/C11H19N3O2/c1-7(2)6-12-11-13-9(10(15)14-11)8-4-3-5-16-8/h7-9H,3-6H2,1-2H3,(H2,12,13,14,15). The molecule has 2 aliphatic rings. The van der Waals surface area contributed by atoms with Crippen molar-refractivity contribution in [3.05, 3.63) is 0 Å². The number of amides is 1. The third-order valence-corrected chi connectivity index (χ3v) is 2.77. The molecule has 0 aromatic heterocycles. The Morgan fingerprint density at radius 3 is 3.00 bits per heavy atom. The Morgan fingerprint density at radius 1 is 1.56 bits per heavy atom. The molecule has 2 heterocycles. The Balaban J connectivity index is 1.93. The first-order chi connectivity index (χ1) is 7.66. The van der Waals surface area contributed by atoms with E-state index in [1.54, 1.807) is 0 Å². The van der Waals surface area contributed by atoms with Crippen LogP contribution < -0.4 is 10.6 Å². The minimum atomic E-state index is -0.256. The van der Waals surface area contributed by atoms with Crippen molar-refractivity contribution in [2.24, 2.45) is 10.9 Å². The van der Waals surface area contributed by atoms with E-state index in [4.69, 9.17) is 4.74 Å². The zero-order chi connectivity index (χ0) is 11.5. The van der Waals surface area contributed by atoms with Gasteiger partial charge < -0.3 is 10.1 Å². The van der Waals surface area contributed by atoms with Crippen LogP contribution in [0.25, 0.3) is 0 Å². The fourth-order valence-electron chi connectivity index (χ4n) is 1.93. The van der Waals surface area contributed by atoms with Crippen LogP contribution in [0.1, 0.15) is 26.7 Å². The van der Waals surface area contributed by atoms with Crippen molar-refractivity contribution >= 4 is 11.9 Å². The second-order valence-electron chi connectivity index (χ2n) is 4.75. The summed E-state index contributed by atoms with van der Waals surface area (Å²) in [5, 5.41) is 5.86. The number of nitrogens with one attached hydrogen (secondary N) is 2. The Labute approximate surface area is 95.6 Å². The van der Waals surface area contributed by atoms with Crippen LogP contribution in [0.4, 0.5) is 0 Å². The summed E-state index contributed by atoms with van der Waals surface area (Å²) >= 11 is 0. The van der Waals surface area contributed by atoms with E-state index in [-0.39, 0.29) is 18.1 Å². The normalized spacial score (nSPS) is 32.2. The Bertz CT molecular complexity index is 296. The maximum atomic E-state index is 11.7. The maximum Gasteiger partial charge on any atom is 0.251 e. The van der Waals surface area contributed by atoms with Crippen LogP contribution >= 0.6 is 0 Å². The van der Waals surface area contributed by atoms with Crippen LogP contribution in [0.2, 0.25) is 0 Å². The molecule has 2 N–H and O–H groups in total. The summed E-state index contributed by atoms with van der Waals surface area (Å²) in [7, 11) is 0. The number of hydrogen-bond acceptors (Lipinski definition) is 3. The zero-order valence-electron chi connectivity index (χ0n) is 9.82. The second-order valence-corrected chi connectivity index (χ2v) is 4.75. The molecule has 0 bridgehead atoms. The molecule has 0 aromatic rings. The Hall–Kier alpha value is -1.10. The topological polar surface area (TPSA) is 62.7 Å². The SMILES string of the molecule is CC(C)CN=C1NC(=O)C(C2CCCO2)N1. The summed E-state index contributed by atoms with van der Waals surface area (Å²) in [4.78, 5) is 16.0. The monoisotopic (exact) mass is 225 g/mol. The summed E-state index contributed by atoms with van der Waals surface area (Å²) in [6.45, 7) is 5.67. The molecule has 2 saturated heterocycles. The van der Waals surface area contributed by atoms with Crippen LogP contribution in [0.15, 0.2) is 4.99 Å². The molecular weight excluding hydrogens is 206 g/mol. The average Bonchev–Trinajstić information content (AvgIpc) is 2.83. The molecule has 0 radical (unpaired) electrons. The van der Waals surface area contributed by atoms with Gasteiger partial charge in [0, 0.05) is 13.2 Å². The molecule has 2 atom stereocenters. The Morgan fingerprint density at radius 2 is 2.38 bits per heavy atom. The van der Waals surface area contributed by atoms with Gasteiger partial charge in [0.15, 0.2) is 5.96 Å². The van der Waals surface area contributed by atoms with E-state index >= 15 is 0 Å². The molecule has 5 nitrogen and oxygen atoms in total. The van der Waals surface area contributed by atoms with Crippen LogP contribution in [-0.4, -0.2) is 37.2 Å². The van der Waals surface area contributed by atoms with Crippen LogP contribution in [-0.2, 0) is 9.53 Å². The van der Waals surface area contributed by atoms with Gasteiger partial charge in [-0.05, 0) is 18.8 Å². The van der Waals surface area contributed by atoms with Gasteiger partial charge >= 0.3 is 0 Å². The van der Waals surface area contributed by atoms with E-state index in [9.17, 15) is 4.79 Å². The molecule has 0 spiro atoms. The number of carbonyl (C=O) groups excluding carboxylic acids is 1. The number of nitrogens with zero attached hydrogens (tertiary/aromatic N) is 1. The highest BCUT2D eigenvalue weighted by Gasteiger charge is 2.37. The van der Waals surface area contributed by atoms with Gasteiger partial charge in [-0.1, -0.05) is 13.8 Å². The summed E-state index contributed by atoms with van der Waals surface area (Å²) in [5.74, 6) is 1.07. The lowest BCUT2D eigenvalue weighted by Crippen LogP contribution is -2.40. The average molecular weight is 225 g/mol. The highest BCUT2D eigenvalue weighted by atomic mass is 16.5. The number of guanidine groups is 1. The van der Waals surface area contributed by atoms with Crippen molar-refractivity contribution in [2.45, 2.75) is 38.8 Å². The van der Waals surface area contributed by atoms with Gasteiger partial charge in [0.2, 0.25) is 0 Å². The quantitative estimate of drug-likeness (QED) is 0.724. The fraction of sp³-hybridized carbons (Fsp3) is 0.818. The summed E-state index contributed by atoms with van der Waals surface area (Å²) in [6.07, 6.45) is 1.99. The number of ether oxygens (including phenoxy) is 1. The largest absolute Gasteiger partial charge is 0.376 e. The molecule has 90 valence electrons. The molecule has 2 aliphatic heterocycles. The fourth-order valence-corrected chi connectivity index (χ4v) is 1.93. The lowest BCUT2D eigenvalue weighted by atomic mass is 10.1. The molecule has 5 heteroatoms. The molecule has 0 saturated carbocycles. The van der Waals surface area contributed by atoms with Crippen LogP contribution in [0, 0.1) is 5.92 Å². The van der Waals surface area contributed by atoms with Crippen molar-refractivity contribution in [1.82, 2.24) is 10.6 Å². The van der Waals surface area contributed by atoms with Gasteiger partial charge in [0.25, 0.3) is 5.91 Å². The second kappa shape index (κ2) is 4.82. The van der Waals surface area contributed by atoms with Gasteiger partial charge in [0.05, 0.1) is 6.10 Å². The highest BCUT2D eigenvalue weighted by molar-refractivity contribution is 6.06. The van der Waals surface area contributed by atoms with Crippen molar-refractivity contribution in [1.29, 1.82) is 0 Å².